The third kappa shape index (κ3) is 0.704. The van der Waals surface area contributed by atoms with Crippen LogP contribution in [-0.2, 0) is 6.54 Å². The Morgan fingerprint density at radius 3 is 3.00 bits per heavy atom. The lowest BCUT2D eigenvalue weighted by Crippen LogP contribution is -2.44. The Morgan fingerprint density at radius 1 is 1.29 bits per heavy atom. The first kappa shape index (κ1) is 7.43. The molecule has 2 aromatic rings. The molecule has 0 saturated carbocycles. The minimum absolute atomic E-state index is 0.177. The number of aromatic nitrogens is 3. The van der Waals surface area contributed by atoms with Gasteiger partial charge in [0.2, 0.25) is 5.65 Å². The highest BCUT2D eigenvalue weighted by Gasteiger charge is 2.14. The van der Waals surface area contributed by atoms with E-state index in [0.29, 0.717) is 13.1 Å². The summed E-state index contributed by atoms with van der Waals surface area (Å²) >= 11 is 0. The molecule has 0 unspecified atom stereocenters. The van der Waals surface area contributed by atoms with Gasteiger partial charge >= 0.3 is 0 Å². The summed E-state index contributed by atoms with van der Waals surface area (Å²) in [6.07, 6.45) is 2.92. The summed E-state index contributed by atoms with van der Waals surface area (Å²) in [6, 6.07) is 0. The SMILES string of the molecule is O=c1c2nccn2c(=O)c2n1CCN=2. The molecule has 3 rings (SSSR count). The van der Waals surface area contributed by atoms with Crippen molar-refractivity contribution in [3.05, 3.63) is 38.6 Å². The van der Waals surface area contributed by atoms with E-state index in [0.717, 1.165) is 0 Å². The Hall–Kier alpha value is -1.98. The maximum Gasteiger partial charge on any atom is 0.299 e. The molecule has 1 aliphatic rings. The normalized spacial score (nSPS) is 14.3. The van der Waals surface area contributed by atoms with Crippen LogP contribution in [0.3, 0.4) is 0 Å². The Kier molecular flexibility index (Phi) is 1.21. The van der Waals surface area contributed by atoms with Gasteiger partial charge in [0.15, 0.2) is 5.49 Å². The van der Waals surface area contributed by atoms with Crippen molar-refractivity contribution in [1.82, 2.24) is 14.0 Å². The van der Waals surface area contributed by atoms with Crippen LogP contribution in [-0.4, -0.2) is 20.5 Å². The van der Waals surface area contributed by atoms with Crippen LogP contribution in [0.25, 0.3) is 5.65 Å². The van der Waals surface area contributed by atoms with E-state index in [4.69, 9.17) is 0 Å². The predicted octanol–water partition coefficient (Wildman–Crippen LogP) is -1.79. The second-order valence-corrected chi connectivity index (χ2v) is 3.09. The molecule has 0 atom stereocenters. The van der Waals surface area contributed by atoms with Crippen molar-refractivity contribution in [1.29, 1.82) is 0 Å². The largest absolute Gasteiger partial charge is 0.299 e. The third-order valence-electron chi connectivity index (χ3n) is 2.33. The maximum absolute atomic E-state index is 11.7. The summed E-state index contributed by atoms with van der Waals surface area (Å²) in [7, 11) is 0. The van der Waals surface area contributed by atoms with Crippen LogP contribution in [0, 0.1) is 0 Å². The maximum atomic E-state index is 11.7. The molecule has 3 heterocycles. The molecular formula is C8H6N4O2. The molecule has 0 aliphatic carbocycles. The van der Waals surface area contributed by atoms with E-state index in [1.807, 2.05) is 0 Å². The van der Waals surface area contributed by atoms with Crippen molar-refractivity contribution in [2.45, 2.75) is 6.54 Å². The van der Waals surface area contributed by atoms with Crippen molar-refractivity contribution in [3.63, 3.8) is 0 Å². The monoisotopic (exact) mass is 190 g/mol. The summed E-state index contributed by atoms with van der Waals surface area (Å²) < 4.78 is 2.62. The summed E-state index contributed by atoms with van der Waals surface area (Å²) in [5.74, 6) is 0. The molecule has 14 heavy (non-hydrogen) atoms. The Labute approximate surface area is 77.1 Å². The Bertz CT molecular complexity index is 682. The molecule has 6 nitrogen and oxygen atoms in total. The van der Waals surface area contributed by atoms with Gasteiger partial charge in [0.1, 0.15) is 0 Å². The lowest BCUT2D eigenvalue weighted by molar-refractivity contribution is 0.712. The van der Waals surface area contributed by atoms with Crippen molar-refractivity contribution >= 4 is 5.65 Å². The fourth-order valence-corrected chi connectivity index (χ4v) is 1.68. The molecule has 0 N–H and O–H groups in total. The lowest BCUT2D eigenvalue weighted by atomic mass is 10.6. The van der Waals surface area contributed by atoms with Gasteiger partial charge in [-0.2, -0.15) is 0 Å². The van der Waals surface area contributed by atoms with Gasteiger partial charge in [-0.25, -0.2) is 4.98 Å². The fraction of sp³-hybridized carbons (Fsp3) is 0.250. The molecule has 0 amide bonds. The Balaban J connectivity index is 2.77. The molecule has 6 heteroatoms. The average Bonchev–Trinajstić information content (AvgIpc) is 2.82. The molecule has 0 bridgehead atoms. The molecule has 70 valence electrons. The van der Waals surface area contributed by atoms with E-state index in [1.165, 1.54) is 21.4 Å². The highest BCUT2D eigenvalue weighted by Crippen LogP contribution is 1.88. The van der Waals surface area contributed by atoms with E-state index >= 15 is 0 Å². The molecule has 0 saturated heterocycles. The number of hydrogen-bond acceptors (Lipinski definition) is 4. The van der Waals surface area contributed by atoms with Gasteiger partial charge < -0.3 is 0 Å². The molecule has 0 radical (unpaired) electrons. The third-order valence-corrected chi connectivity index (χ3v) is 2.33. The van der Waals surface area contributed by atoms with Crippen LogP contribution < -0.4 is 16.6 Å². The van der Waals surface area contributed by atoms with Crippen LogP contribution in [0.15, 0.2) is 27.0 Å². The second kappa shape index (κ2) is 2.28. The van der Waals surface area contributed by atoms with Gasteiger partial charge in [0, 0.05) is 18.9 Å². The summed E-state index contributed by atoms with van der Waals surface area (Å²) in [6.45, 7) is 0.977. The summed E-state index contributed by atoms with van der Waals surface area (Å²) in [4.78, 5) is 31.3. The number of fused-ring (bicyclic) bond motifs is 2. The lowest BCUT2D eigenvalue weighted by Gasteiger charge is -1.96. The summed E-state index contributed by atoms with van der Waals surface area (Å²) in [5.41, 5.74) is -0.100. The van der Waals surface area contributed by atoms with E-state index < -0.39 is 0 Å². The van der Waals surface area contributed by atoms with Crippen LogP contribution in [0.1, 0.15) is 0 Å². The van der Waals surface area contributed by atoms with E-state index in [9.17, 15) is 9.59 Å². The molecular weight excluding hydrogens is 184 g/mol. The fourth-order valence-electron chi connectivity index (χ4n) is 1.68. The minimum atomic E-state index is -0.269. The zero-order valence-corrected chi connectivity index (χ0v) is 7.17. The van der Waals surface area contributed by atoms with Crippen LogP contribution in [0.4, 0.5) is 0 Å². The zero-order valence-electron chi connectivity index (χ0n) is 7.17. The smallest absolute Gasteiger partial charge is 0.284 e. The van der Waals surface area contributed by atoms with Crippen molar-refractivity contribution in [3.8, 4) is 0 Å². The number of rotatable bonds is 0. The quantitative estimate of drug-likeness (QED) is 0.492. The van der Waals surface area contributed by atoms with Gasteiger partial charge in [-0.05, 0) is 0 Å². The standard InChI is InChI=1S/C8H6N4O2/c13-7-5-9-1-3-11(5)8(14)6-10-2-4-12(6)7/h1,3H,2,4H2. The van der Waals surface area contributed by atoms with E-state index in [2.05, 4.69) is 9.98 Å². The molecule has 0 spiro atoms. The minimum Gasteiger partial charge on any atom is -0.284 e. The van der Waals surface area contributed by atoms with Crippen molar-refractivity contribution in [2.75, 3.05) is 6.54 Å². The topological polar surface area (TPSA) is 68.7 Å². The highest BCUT2D eigenvalue weighted by atomic mass is 16.1. The van der Waals surface area contributed by atoms with Crippen LogP contribution in [0.2, 0.25) is 0 Å². The first-order valence-corrected chi connectivity index (χ1v) is 4.23. The molecule has 2 aromatic heterocycles. The summed E-state index contributed by atoms with van der Waals surface area (Å²) in [5, 5.41) is 0. The molecule has 1 aliphatic heterocycles. The number of hydrogen-bond donors (Lipinski definition) is 0. The predicted molar refractivity (Wildman–Crippen MR) is 47.3 cm³/mol. The highest BCUT2D eigenvalue weighted by molar-refractivity contribution is 5.34. The van der Waals surface area contributed by atoms with Crippen LogP contribution >= 0.6 is 0 Å². The molecule has 0 aromatic carbocycles. The van der Waals surface area contributed by atoms with Gasteiger partial charge in [0.05, 0.1) is 6.54 Å². The number of nitrogens with zero attached hydrogens (tertiary/aromatic N) is 4. The van der Waals surface area contributed by atoms with Crippen molar-refractivity contribution < 1.29 is 0 Å². The van der Waals surface area contributed by atoms with Gasteiger partial charge in [-0.15, -0.1) is 0 Å². The Morgan fingerprint density at radius 2 is 2.14 bits per heavy atom. The first-order chi connectivity index (χ1) is 6.79. The number of imidazole rings is 1. The van der Waals surface area contributed by atoms with Crippen molar-refractivity contribution in [2.24, 2.45) is 4.99 Å². The second-order valence-electron chi connectivity index (χ2n) is 3.09. The van der Waals surface area contributed by atoms with E-state index in [1.54, 1.807) is 0 Å². The molecule has 0 fully saturated rings. The van der Waals surface area contributed by atoms with Crippen LogP contribution in [0.5, 0.6) is 0 Å². The average molecular weight is 190 g/mol. The van der Waals surface area contributed by atoms with Gasteiger partial charge in [-0.3, -0.25) is 23.5 Å². The van der Waals surface area contributed by atoms with Gasteiger partial charge in [-0.1, -0.05) is 0 Å². The van der Waals surface area contributed by atoms with E-state index in [-0.39, 0.29) is 22.3 Å². The van der Waals surface area contributed by atoms with Gasteiger partial charge in [0.25, 0.3) is 11.1 Å². The first-order valence-electron chi connectivity index (χ1n) is 4.23. The zero-order chi connectivity index (χ0) is 9.71.